The van der Waals surface area contributed by atoms with Gasteiger partial charge in [-0.1, -0.05) is 39.0 Å². The summed E-state index contributed by atoms with van der Waals surface area (Å²) in [6.45, 7) is 10.1. The molecule has 0 bridgehead atoms. The predicted octanol–water partition coefficient (Wildman–Crippen LogP) is 4.11. The number of fused-ring (bicyclic) bond motifs is 1. The van der Waals surface area contributed by atoms with E-state index in [2.05, 4.69) is 32.1 Å². The second-order valence-electron chi connectivity index (χ2n) is 10.2. The van der Waals surface area contributed by atoms with E-state index in [1.807, 2.05) is 20.8 Å². The summed E-state index contributed by atoms with van der Waals surface area (Å²) in [4.78, 5) is 23.6. The van der Waals surface area contributed by atoms with Crippen LogP contribution in [-0.2, 0) is 14.3 Å². The molecule has 0 aromatic heterocycles. The first kappa shape index (κ1) is 25.6. The molecule has 6 nitrogen and oxygen atoms in total. The SMILES string of the molecule is CCC(C)(C)C(=O)O[C@H]1C[C@@H](C)C=C2C=C[C@H](C)[C@H](CCC(O)C[C@H](O)CC(=O)O)[C@H]21. The molecule has 2 aliphatic carbocycles. The van der Waals surface area contributed by atoms with Gasteiger partial charge in [0, 0.05) is 5.92 Å². The number of aliphatic carboxylic acids is 1. The van der Waals surface area contributed by atoms with Gasteiger partial charge in [-0.2, -0.15) is 0 Å². The summed E-state index contributed by atoms with van der Waals surface area (Å²) in [5.74, 6) is -0.347. The van der Waals surface area contributed by atoms with E-state index in [1.165, 1.54) is 5.57 Å². The van der Waals surface area contributed by atoms with Gasteiger partial charge >= 0.3 is 11.9 Å². The summed E-state index contributed by atoms with van der Waals surface area (Å²) in [5.41, 5.74) is 0.682. The van der Waals surface area contributed by atoms with Crippen LogP contribution in [-0.4, -0.2) is 45.6 Å². The maximum atomic E-state index is 12.8. The fourth-order valence-corrected chi connectivity index (χ4v) is 4.76. The monoisotopic (exact) mass is 436 g/mol. The van der Waals surface area contributed by atoms with E-state index in [4.69, 9.17) is 9.84 Å². The lowest BCUT2D eigenvalue weighted by atomic mass is 9.65. The molecule has 1 unspecified atom stereocenters. The zero-order valence-electron chi connectivity index (χ0n) is 19.6. The minimum atomic E-state index is -1.07. The molecule has 6 heteroatoms. The molecule has 0 fully saturated rings. The smallest absolute Gasteiger partial charge is 0.311 e. The lowest BCUT2D eigenvalue weighted by Gasteiger charge is -2.44. The molecule has 0 aliphatic heterocycles. The van der Waals surface area contributed by atoms with Crippen LogP contribution < -0.4 is 0 Å². The number of aliphatic hydroxyl groups excluding tert-OH is 2. The summed E-state index contributed by atoms with van der Waals surface area (Å²) < 4.78 is 6.10. The van der Waals surface area contributed by atoms with Crippen molar-refractivity contribution in [1.29, 1.82) is 0 Å². The van der Waals surface area contributed by atoms with Crippen molar-refractivity contribution >= 4 is 11.9 Å². The first-order valence-electron chi connectivity index (χ1n) is 11.6. The highest BCUT2D eigenvalue weighted by molar-refractivity contribution is 5.76. The van der Waals surface area contributed by atoms with Crippen LogP contribution in [0.5, 0.6) is 0 Å². The zero-order chi connectivity index (χ0) is 23.3. The van der Waals surface area contributed by atoms with E-state index >= 15 is 0 Å². The topological polar surface area (TPSA) is 104 Å². The second-order valence-corrected chi connectivity index (χ2v) is 10.2. The number of carboxylic acids is 1. The molecule has 176 valence electrons. The van der Waals surface area contributed by atoms with Gasteiger partial charge in [0.15, 0.2) is 0 Å². The number of allylic oxidation sites excluding steroid dienone is 3. The summed E-state index contributed by atoms with van der Waals surface area (Å²) in [6, 6.07) is 0. The van der Waals surface area contributed by atoms with Crippen molar-refractivity contribution in [2.75, 3.05) is 0 Å². The lowest BCUT2D eigenvalue weighted by Crippen LogP contribution is -2.43. The number of carbonyl (C=O) groups is 2. The van der Waals surface area contributed by atoms with Crippen molar-refractivity contribution in [3.8, 4) is 0 Å². The highest BCUT2D eigenvalue weighted by Gasteiger charge is 2.42. The zero-order valence-corrected chi connectivity index (χ0v) is 19.6. The lowest BCUT2D eigenvalue weighted by molar-refractivity contribution is -0.164. The van der Waals surface area contributed by atoms with Gasteiger partial charge in [0.2, 0.25) is 0 Å². The Morgan fingerprint density at radius 1 is 1.23 bits per heavy atom. The molecular formula is C25H40O6. The summed E-state index contributed by atoms with van der Waals surface area (Å²) in [7, 11) is 0. The number of hydrogen-bond donors (Lipinski definition) is 3. The van der Waals surface area contributed by atoms with Crippen LogP contribution in [0.4, 0.5) is 0 Å². The largest absolute Gasteiger partial charge is 0.481 e. The Morgan fingerprint density at radius 3 is 2.52 bits per heavy atom. The summed E-state index contributed by atoms with van der Waals surface area (Å²) in [6.07, 6.45) is 6.98. The molecule has 0 heterocycles. The molecule has 0 aromatic rings. The molecule has 0 saturated carbocycles. The first-order valence-corrected chi connectivity index (χ1v) is 11.6. The molecule has 0 spiro atoms. The average Bonchev–Trinajstić information content (AvgIpc) is 2.66. The van der Waals surface area contributed by atoms with Gasteiger partial charge in [0.05, 0.1) is 24.0 Å². The molecule has 0 saturated heterocycles. The Kier molecular flexibility index (Phi) is 8.90. The van der Waals surface area contributed by atoms with E-state index in [0.29, 0.717) is 25.2 Å². The third-order valence-corrected chi connectivity index (χ3v) is 7.08. The van der Waals surface area contributed by atoms with E-state index in [-0.39, 0.29) is 42.7 Å². The van der Waals surface area contributed by atoms with Crippen LogP contribution in [0.2, 0.25) is 0 Å². The average molecular weight is 437 g/mol. The second kappa shape index (κ2) is 10.8. The van der Waals surface area contributed by atoms with Gasteiger partial charge in [-0.15, -0.1) is 0 Å². The minimum absolute atomic E-state index is 0.0523. The van der Waals surface area contributed by atoms with Crippen LogP contribution >= 0.6 is 0 Å². The molecular weight excluding hydrogens is 396 g/mol. The molecule has 0 amide bonds. The maximum absolute atomic E-state index is 12.8. The summed E-state index contributed by atoms with van der Waals surface area (Å²) >= 11 is 0. The third kappa shape index (κ3) is 6.91. The Labute approximate surface area is 186 Å². The van der Waals surface area contributed by atoms with E-state index < -0.39 is 23.6 Å². The number of esters is 1. The highest BCUT2D eigenvalue weighted by atomic mass is 16.5. The number of carbonyl (C=O) groups excluding carboxylic acids is 1. The van der Waals surface area contributed by atoms with Crippen LogP contribution in [0.25, 0.3) is 0 Å². The number of aliphatic hydroxyl groups is 2. The van der Waals surface area contributed by atoms with Crippen LogP contribution in [0.1, 0.15) is 73.1 Å². The molecule has 31 heavy (non-hydrogen) atoms. The molecule has 0 aromatic carbocycles. The standard InChI is InChI=1S/C25H40O6/c1-6-25(4,5)24(30)31-21-12-15(2)11-17-8-7-16(3)20(23(17)21)10-9-18(26)13-19(27)14-22(28)29/h7-8,11,15-16,18-21,23,26-27H,6,9-10,12-14H2,1-5H3,(H,28,29)/t15-,16-,18?,19-,20-,21-,23-/m0/s1. The molecule has 7 atom stereocenters. The van der Waals surface area contributed by atoms with E-state index in [9.17, 15) is 19.8 Å². The number of hydrogen-bond acceptors (Lipinski definition) is 5. The molecule has 3 N–H and O–H groups in total. The maximum Gasteiger partial charge on any atom is 0.311 e. The Bertz CT molecular complexity index is 694. The van der Waals surface area contributed by atoms with Crippen molar-refractivity contribution in [3.05, 3.63) is 23.8 Å². The fourth-order valence-electron chi connectivity index (χ4n) is 4.76. The molecule has 2 aliphatic rings. The van der Waals surface area contributed by atoms with Gasteiger partial charge in [-0.05, 0) is 69.3 Å². The highest BCUT2D eigenvalue weighted by Crippen LogP contribution is 2.45. The van der Waals surface area contributed by atoms with Crippen molar-refractivity contribution in [2.45, 2.75) is 91.5 Å². The van der Waals surface area contributed by atoms with Gasteiger partial charge in [-0.25, -0.2) is 0 Å². The normalized spacial score (nSPS) is 30.2. The number of rotatable bonds is 10. The van der Waals surface area contributed by atoms with E-state index in [1.54, 1.807) is 0 Å². The Morgan fingerprint density at radius 2 is 1.90 bits per heavy atom. The Balaban J connectivity index is 2.12. The van der Waals surface area contributed by atoms with Gasteiger partial charge < -0.3 is 20.1 Å². The predicted molar refractivity (Wildman–Crippen MR) is 119 cm³/mol. The van der Waals surface area contributed by atoms with E-state index in [0.717, 1.165) is 6.42 Å². The van der Waals surface area contributed by atoms with Crippen LogP contribution in [0, 0.1) is 29.1 Å². The minimum Gasteiger partial charge on any atom is -0.481 e. The quantitative estimate of drug-likeness (QED) is 0.445. The van der Waals surface area contributed by atoms with Crippen molar-refractivity contribution in [1.82, 2.24) is 0 Å². The Hall–Kier alpha value is -1.66. The third-order valence-electron chi connectivity index (χ3n) is 7.08. The summed E-state index contributed by atoms with van der Waals surface area (Å²) in [5, 5.41) is 29.0. The number of carboxylic acid groups (broad SMARTS) is 1. The first-order chi connectivity index (χ1) is 14.4. The number of ether oxygens (including phenoxy) is 1. The molecule has 2 rings (SSSR count). The van der Waals surface area contributed by atoms with Gasteiger partial charge in [-0.3, -0.25) is 9.59 Å². The van der Waals surface area contributed by atoms with Gasteiger partial charge in [0.1, 0.15) is 6.10 Å². The van der Waals surface area contributed by atoms with Gasteiger partial charge in [0.25, 0.3) is 0 Å². The fraction of sp³-hybridized carbons (Fsp3) is 0.760. The van der Waals surface area contributed by atoms with Crippen LogP contribution in [0.3, 0.4) is 0 Å². The van der Waals surface area contributed by atoms with Crippen molar-refractivity contribution in [3.63, 3.8) is 0 Å². The van der Waals surface area contributed by atoms with Crippen molar-refractivity contribution < 1.29 is 29.6 Å². The van der Waals surface area contributed by atoms with Crippen molar-refractivity contribution in [2.24, 2.45) is 29.1 Å². The molecule has 0 radical (unpaired) electrons. The van der Waals surface area contributed by atoms with Crippen LogP contribution in [0.15, 0.2) is 23.8 Å².